The molecule has 136 valence electrons. The topological polar surface area (TPSA) is 72.4 Å². The highest BCUT2D eigenvalue weighted by Crippen LogP contribution is 2.10. The average molecular weight is 349 g/mol. The van der Waals surface area contributed by atoms with Gasteiger partial charge in [0, 0.05) is 0 Å². The predicted octanol–water partition coefficient (Wildman–Crippen LogP) is 3.65. The van der Waals surface area contributed by atoms with Crippen molar-refractivity contribution in [2.24, 2.45) is 0 Å². The van der Waals surface area contributed by atoms with Gasteiger partial charge < -0.3 is 9.32 Å². The minimum absolute atomic E-state index is 0.177. The molecule has 0 heterocycles. The van der Waals surface area contributed by atoms with Crippen LogP contribution >= 0.6 is 0 Å². The van der Waals surface area contributed by atoms with E-state index in [9.17, 15) is 14.1 Å². The Morgan fingerprint density at radius 3 is 1.83 bits per heavy atom. The van der Waals surface area contributed by atoms with Crippen LogP contribution in [0.5, 0.6) is 0 Å². The third-order valence-electron chi connectivity index (χ3n) is 3.79. The van der Waals surface area contributed by atoms with Gasteiger partial charge in [0.15, 0.2) is 0 Å². The lowest BCUT2D eigenvalue weighted by Crippen LogP contribution is -2.36. The molecule has 0 aromatic rings. The van der Waals surface area contributed by atoms with Crippen LogP contribution in [0.15, 0.2) is 12.2 Å². The van der Waals surface area contributed by atoms with Crippen molar-refractivity contribution in [3.8, 4) is 0 Å². The molecule has 0 atom stereocenters. The molecular formula is C18H33ClO4. The summed E-state index contributed by atoms with van der Waals surface area (Å²) in [5, 5.41) is 0. The molecular weight excluding hydrogens is 316 g/mol. The van der Waals surface area contributed by atoms with Crippen LogP contribution in [-0.2, 0) is 9.08 Å². The molecule has 0 aliphatic heterocycles. The maximum Gasteiger partial charge on any atom is 0.421 e. The Morgan fingerprint density at radius 2 is 1.30 bits per heavy atom. The van der Waals surface area contributed by atoms with Gasteiger partial charge in [-0.05, 0) is 32.1 Å². The first-order chi connectivity index (χ1) is 11.2. The van der Waals surface area contributed by atoms with Gasteiger partial charge in [-0.2, -0.15) is 0 Å². The van der Waals surface area contributed by atoms with E-state index in [4.69, 9.17) is 0 Å². The summed E-state index contributed by atoms with van der Waals surface area (Å²) in [6.45, 7) is 2.24. The van der Waals surface area contributed by atoms with Crippen LogP contribution in [0, 0.1) is 10.8 Å². The number of rotatable bonds is 16. The number of hydrogen-bond acceptors (Lipinski definition) is 4. The van der Waals surface area contributed by atoms with Crippen molar-refractivity contribution in [1.82, 2.24) is 0 Å². The van der Waals surface area contributed by atoms with E-state index in [-0.39, 0.29) is 6.42 Å². The van der Waals surface area contributed by atoms with Crippen molar-refractivity contribution in [3.63, 3.8) is 0 Å². The molecule has 0 N–H and O–H groups in total. The molecule has 0 aromatic heterocycles. The zero-order valence-corrected chi connectivity index (χ0v) is 15.3. The molecule has 0 amide bonds. The van der Waals surface area contributed by atoms with Gasteiger partial charge in [-0.25, -0.2) is 4.79 Å². The summed E-state index contributed by atoms with van der Waals surface area (Å²) in [4.78, 5) is 11.0. The molecule has 0 saturated heterocycles. The van der Waals surface area contributed by atoms with Crippen molar-refractivity contribution >= 4 is 5.97 Å². The third-order valence-corrected chi connectivity index (χ3v) is 4.09. The molecule has 0 fully saturated rings. The van der Waals surface area contributed by atoms with Crippen LogP contribution in [0.25, 0.3) is 0 Å². The van der Waals surface area contributed by atoms with E-state index < -0.39 is 16.8 Å². The zero-order valence-electron chi connectivity index (χ0n) is 14.6. The average Bonchev–Trinajstić information content (AvgIpc) is 2.50. The van der Waals surface area contributed by atoms with E-state index in [1.807, 2.05) is 0 Å². The van der Waals surface area contributed by atoms with Crippen LogP contribution in [0.3, 0.4) is 0 Å². The molecule has 0 spiro atoms. The lowest BCUT2D eigenvalue weighted by atomic mass is 10.1. The van der Waals surface area contributed by atoms with E-state index in [0.29, 0.717) is 6.42 Å². The number of carbonyl (C=O) groups is 1. The minimum Gasteiger partial charge on any atom is -0.307 e. The highest BCUT2D eigenvalue weighted by atomic mass is 35.6. The molecule has 0 rings (SSSR count). The Balaban J connectivity index is 3.18. The van der Waals surface area contributed by atoms with E-state index in [1.165, 1.54) is 51.4 Å². The van der Waals surface area contributed by atoms with Gasteiger partial charge >= 0.3 is 16.8 Å². The quantitative estimate of drug-likeness (QED) is 0.315. The maximum absolute atomic E-state index is 11.0. The number of halogens is 1. The Labute approximate surface area is 144 Å². The molecule has 0 unspecified atom stereocenters. The van der Waals surface area contributed by atoms with Gasteiger partial charge in [-0.15, -0.1) is 0 Å². The number of carbonyl (C=O) groups excluding carboxylic acids is 1. The van der Waals surface area contributed by atoms with Gasteiger partial charge in [0.25, 0.3) is 0 Å². The smallest absolute Gasteiger partial charge is 0.307 e. The normalized spacial score (nSPS) is 11.5. The fourth-order valence-corrected chi connectivity index (χ4v) is 2.67. The van der Waals surface area contributed by atoms with Gasteiger partial charge in [0.1, 0.15) is 0 Å². The Morgan fingerprint density at radius 1 is 0.826 bits per heavy atom. The third kappa shape index (κ3) is 19.4. The molecule has 0 radical (unpaired) electrons. The number of unbranched alkanes of at least 4 members (excludes halogenated alkanes) is 11. The molecule has 0 aromatic carbocycles. The largest absolute Gasteiger partial charge is 0.421 e. The summed E-state index contributed by atoms with van der Waals surface area (Å²) in [6, 6.07) is 0. The molecule has 0 bridgehead atoms. The highest BCUT2D eigenvalue weighted by molar-refractivity contribution is 5.68. The van der Waals surface area contributed by atoms with Gasteiger partial charge in [-0.1, -0.05) is 74.7 Å². The van der Waals surface area contributed by atoms with Crippen molar-refractivity contribution in [2.45, 2.75) is 96.8 Å². The van der Waals surface area contributed by atoms with Gasteiger partial charge in [0.05, 0.1) is 6.42 Å². The Hall–Kier alpha value is -0.580. The molecule has 5 heteroatoms. The minimum atomic E-state index is -2.40. The molecule has 4 nitrogen and oxygen atoms in total. The highest BCUT2D eigenvalue weighted by Gasteiger charge is 2.16. The lowest BCUT2D eigenvalue weighted by Gasteiger charge is -1.99. The van der Waals surface area contributed by atoms with Crippen LogP contribution in [-0.4, -0.2) is 5.97 Å². The second-order valence-electron chi connectivity index (χ2n) is 5.97. The maximum atomic E-state index is 11.0. The van der Waals surface area contributed by atoms with Crippen LogP contribution < -0.4 is 9.32 Å². The molecule has 0 saturated carbocycles. The Bertz CT molecular complexity index is 293. The summed E-state index contributed by atoms with van der Waals surface area (Å²) in [6.07, 6.45) is 20.2. The second kappa shape index (κ2) is 17.8. The first-order valence-electron chi connectivity index (χ1n) is 9.08. The monoisotopic (exact) mass is 348 g/mol. The summed E-state index contributed by atoms with van der Waals surface area (Å²) < 4.78 is 24.2. The van der Waals surface area contributed by atoms with Crippen LogP contribution in [0.4, 0.5) is 0 Å². The molecule has 23 heavy (non-hydrogen) atoms. The number of hydrogen-bond donors (Lipinski definition) is 0. The SMILES string of the molecule is CCCCCCCC/C=C\CCCCCCCC(=O)O[Cl+2]([O-])[O-]. The molecule has 0 aliphatic carbocycles. The lowest BCUT2D eigenvalue weighted by molar-refractivity contribution is -1.62. The first kappa shape index (κ1) is 22.4. The van der Waals surface area contributed by atoms with Gasteiger partial charge in [-0.3, -0.25) is 0 Å². The Kier molecular flexibility index (Phi) is 17.3. The molecule has 0 aliphatic rings. The summed E-state index contributed by atoms with van der Waals surface area (Å²) >= 11 is 0. The van der Waals surface area contributed by atoms with E-state index in [0.717, 1.165) is 25.7 Å². The van der Waals surface area contributed by atoms with Crippen molar-refractivity contribution in [3.05, 3.63) is 12.2 Å². The van der Waals surface area contributed by atoms with Gasteiger partial charge in [0.2, 0.25) is 0 Å². The van der Waals surface area contributed by atoms with E-state index in [2.05, 4.69) is 23.4 Å². The van der Waals surface area contributed by atoms with Crippen molar-refractivity contribution in [2.75, 3.05) is 0 Å². The van der Waals surface area contributed by atoms with E-state index >= 15 is 0 Å². The fraction of sp³-hybridized carbons (Fsp3) is 0.833. The standard InChI is InChI=1S/C18H33ClO4/c1-2-3-4-5-6-7-8-9-10-11-12-13-14-15-16-17-18(20)23-19(21)22/h9-10H,2-8,11-17H2,1H3/b10-9-. The second-order valence-corrected chi connectivity index (χ2v) is 6.50. The zero-order chi connectivity index (χ0) is 17.2. The summed E-state index contributed by atoms with van der Waals surface area (Å²) in [5.74, 6) is -0.673. The van der Waals surface area contributed by atoms with Crippen molar-refractivity contribution < 1.29 is 29.2 Å². The van der Waals surface area contributed by atoms with Crippen LogP contribution in [0.2, 0.25) is 0 Å². The van der Waals surface area contributed by atoms with E-state index in [1.54, 1.807) is 0 Å². The fourth-order valence-electron chi connectivity index (χ4n) is 2.45. The van der Waals surface area contributed by atoms with Crippen LogP contribution in [0.1, 0.15) is 96.8 Å². The summed E-state index contributed by atoms with van der Waals surface area (Å²) in [7, 11) is -2.40. The predicted molar refractivity (Wildman–Crippen MR) is 85.5 cm³/mol. The van der Waals surface area contributed by atoms with Crippen molar-refractivity contribution in [1.29, 1.82) is 0 Å². The first-order valence-corrected chi connectivity index (χ1v) is 10.0. The summed E-state index contributed by atoms with van der Waals surface area (Å²) in [5.41, 5.74) is 0. The number of allylic oxidation sites excluding steroid dienone is 2.